The van der Waals surface area contributed by atoms with Crippen molar-refractivity contribution in [2.75, 3.05) is 36.4 Å². The van der Waals surface area contributed by atoms with Gasteiger partial charge in [-0.15, -0.1) is 11.3 Å². The van der Waals surface area contributed by atoms with Crippen molar-refractivity contribution in [2.45, 2.75) is 52.1 Å². The van der Waals surface area contributed by atoms with Gasteiger partial charge in [0.2, 0.25) is 0 Å². The number of piperidine rings is 2. The van der Waals surface area contributed by atoms with Crippen molar-refractivity contribution in [3.8, 4) is 0 Å². The predicted molar refractivity (Wildman–Crippen MR) is 132 cm³/mol. The fraction of sp³-hybridized carbons (Fsp3) is 0.560. The number of likely N-dealkylation sites (tertiary alicyclic amines) is 1. The Morgan fingerprint density at radius 3 is 2.15 bits per heavy atom. The molecule has 4 rings (SSSR count). The number of hydrogen-bond donors (Lipinski definition) is 1. The van der Waals surface area contributed by atoms with Crippen LogP contribution in [-0.4, -0.2) is 53.7 Å². The maximum absolute atomic E-state index is 12.3. The van der Waals surface area contributed by atoms with Crippen LogP contribution >= 0.6 is 11.3 Å². The van der Waals surface area contributed by atoms with Crippen LogP contribution in [0.1, 0.15) is 56.9 Å². The highest BCUT2D eigenvalue weighted by Gasteiger charge is 2.32. The molecule has 7 nitrogen and oxygen atoms in total. The van der Waals surface area contributed by atoms with Crippen molar-refractivity contribution >= 4 is 34.7 Å². The first kappa shape index (κ1) is 23.5. The van der Waals surface area contributed by atoms with E-state index in [1.807, 2.05) is 37.8 Å². The average Bonchev–Trinajstić information content (AvgIpc) is 3.34. The Balaban J connectivity index is 1.22. The molecule has 0 saturated carbocycles. The topological polar surface area (TPSA) is 74.8 Å². The van der Waals surface area contributed by atoms with Gasteiger partial charge in [-0.2, -0.15) is 0 Å². The van der Waals surface area contributed by atoms with Crippen LogP contribution in [-0.2, 0) is 4.74 Å². The summed E-state index contributed by atoms with van der Waals surface area (Å²) in [6.45, 7) is 9.43. The first-order chi connectivity index (χ1) is 15.8. The lowest BCUT2D eigenvalue weighted by atomic mass is 9.79. The molecular formula is C25H34N4O3S. The van der Waals surface area contributed by atoms with Crippen LogP contribution in [0.25, 0.3) is 0 Å². The van der Waals surface area contributed by atoms with E-state index in [2.05, 4.69) is 27.3 Å². The summed E-state index contributed by atoms with van der Waals surface area (Å²) in [5, 5.41) is 4.64. The fourth-order valence-electron chi connectivity index (χ4n) is 4.78. The van der Waals surface area contributed by atoms with E-state index >= 15 is 0 Å². The number of nitrogens with zero attached hydrogens (tertiary/aromatic N) is 3. The Hall–Kier alpha value is -2.61. The number of aromatic nitrogens is 1. The summed E-state index contributed by atoms with van der Waals surface area (Å²) in [6, 6.07) is 8.07. The van der Waals surface area contributed by atoms with Gasteiger partial charge in [0, 0.05) is 42.9 Å². The third-order valence-electron chi connectivity index (χ3n) is 6.55. The zero-order chi connectivity index (χ0) is 23.4. The number of amides is 2. The van der Waals surface area contributed by atoms with Gasteiger partial charge in [0.15, 0.2) is 0 Å². The van der Waals surface area contributed by atoms with E-state index in [0.717, 1.165) is 50.6 Å². The molecule has 2 aromatic rings. The normalized spacial score (nSPS) is 18.3. The smallest absolute Gasteiger partial charge is 0.410 e. The lowest BCUT2D eigenvalue weighted by molar-refractivity contribution is 0.0152. The summed E-state index contributed by atoms with van der Waals surface area (Å²) in [5.41, 5.74) is 3.64. The number of benzene rings is 1. The number of rotatable bonds is 4. The van der Waals surface area contributed by atoms with E-state index in [0.29, 0.717) is 11.6 Å². The highest BCUT2D eigenvalue weighted by molar-refractivity contribution is 7.07. The van der Waals surface area contributed by atoms with E-state index in [-0.39, 0.29) is 12.0 Å². The van der Waals surface area contributed by atoms with Gasteiger partial charge in [0.1, 0.15) is 11.3 Å². The molecule has 2 amide bonds. The summed E-state index contributed by atoms with van der Waals surface area (Å²) in [6.07, 6.45) is 4.31. The molecule has 1 N–H and O–H groups in total. The molecule has 0 unspecified atom stereocenters. The first-order valence-corrected chi connectivity index (χ1v) is 12.8. The van der Waals surface area contributed by atoms with Crippen LogP contribution in [0, 0.1) is 11.8 Å². The van der Waals surface area contributed by atoms with Crippen LogP contribution in [0.5, 0.6) is 0 Å². The van der Waals surface area contributed by atoms with Gasteiger partial charge in [-0.1, -0.05) is 0 Å². The lowest BCUT2D eigenvalue weighted by Crippen LogP contribution is -2.44. The van der Waals surface area contributed by atoms with E-state index in [9.17, 15) is 9.59 Å². The Labute approximate surface area is 200 Å². The van der Waals surface area contributed by atoms with Crippen LogP contribution in [0.2, 0.25) is 0 Å². The van der Waals surface area contributed by atoms with E-state index < -0.39 is 5.60 Å². The molecule has 0 spiro atoms. The van der Waals surface area contributed by atoms with Crippen molar-refractivity contribution < 1.29 is 14.3 Å². The van der Waals surface area contributed by atoms with Gasteiger partial charge < -0.3 is 19.9 Å². The molecule has 0 radical (unpaired) electrons. The van der Waals surface area contributed by atoms with Crippen molar-refractivity contribution in [2.24, 2.45) is 11.8 Å². The molecule has 8 heteroatoms. The van der Waals surface area contributed by atoms with Gasteiger partial charge in [0.25, 0.3) is 5.91 Å². The first-order valence-electron chi connectivity index (χ1n) is 11.8. The maximum atomic E-state index is 12.3. The zero-order valence-electron chi connectivity index (χ0n) is 19.8. The zero-order valence-corrected chi connectivity index (χ0v) is 20.6. The number of carbonyl (C=O) groups is 2. The number of carbonyl (C=O) groups excluding carboxylic acids is 2. The summed E-state index contributed by atoms with van der Waals surface area (Å²) in [4.78, 5) is 32.8. The van der Waals surface area contributed by atoms with Crippen molar-refractivity contribution in [1.29, 1.82) is 0 Å². The van der Waals surface area contributed by atoms with Crippen molar-refractivity contribution in [1.82, 2.24) is 9.88 Å². The number of anilines is 2. The molecular weight excluding hydrogens is 436 g/mol. The molecule has 3 heterocycles. The average molecular weight is 471 g/mol. The van der Waals surface area contributed by atoms with E-state index in [1.54, 1.807) is 10.9 Å². The fourth-order valence-corrected chi connectivity index (χ4v) is 5.32. The minimum Gasteiger partial charge on any atom is -0.444 e. The number of nitrogens with one attached hydrogen (secondary N) is 1. The number of thiazole rings is 1. The highest BCUT2D eigenvalue weighted by Crippen LogP contribution is 2.34. The summed E-state index contributed by atoms with van der Waals surface area (Å²) >= 11 is 1.41. The Morgan fingerprint density at radius 1 is 1.00 bits per heavy atom. The summed E-state index contributed by atoms with van der Waals surface area (Å²) < 4.78 is 5.52. The van der Waals surface area contributed by atoms with E-state index in [4.69, 9.17) is 4.74 Å². The second kappa shape index (κ2) is 10.1. The van der Waals surface area contributed by atoms with Crippen LogP contribution in [0.3, 0.4) is 0 Å². The molecule has 33 heavy (non-hydrogen) atoms. The van der Waals surface area contributed by atoms with Crippen molar-refractivity contribution in [3.05, 3.63) is 40.8 Å². The molecule has 1 aromatic carbocycles. The Bertz CT molecular complexity index is 924. The molecule has 0 aliphatic carbocycles. The van der Waals surface area contributed by atoms with Crippen LogP contribution < -0.4 is 10.2 Å². The minimum atomic E-state index is -0.439. The Kier molecular flexibility index (Phi) is 7.22. The molecule has 2 aliphatic rings. The largest absolute Gasteiger partial charge is 0.444 e. The molecule has 0 bridgehead atoms. The molecule has 0 atom stereocenters. The third-order valence-corrected chi connectivity index (χ3v) is 7.14. The molecule has 2 aliphatic heterocycles. The van der Waals surface area contributed by atoms with Gasteiger partial charge in [0.05, 0.1) is 5.51 Å². The molecule has 178 valence electrons. The van der Waals surface area contributed by atoms with E-state index in [1.165, 1.54) is 29.9 Å². The second-order valence-corrected chi connectivity index (χ2v) is 10.7. The summed E-state index contributed by atoms with van der Waals surface area (Å²) in [7, 11) is 0. The van der Waals surface area contributed by atoms with Crippen LogP contribution in [0.4, 0.5) is 16.2 Å². The molecule has 1 aromatic heterocycles. The van der Waals surface area contributed by atoms with Gasteiger partial charge in [-0.25, -0.2) is 9.78 Å². The SMILES string of the molecule is CC(C)(C)OC(=O)N1CCC(C2CCN(c3ccc(NC(=O)c4cscn4)cc3)CC2)CC1. The lowest BCUT2D eigenvalue weighted by Gasteiger charge is -2.41. The maximum Gasteiger partial charge on any atom is 0.410 e. The monoisotopic (exact) mass is 470 g/mol. The quantitative estimate of drug-likeness (QED) is 0.660. The van der Waals surface area contributed by atoms with Gasteiger partial charge >= 0.3 is 6.09 Å². The Morgan fingerprint density at radius 2 is 1.61 bits per heavy atom. The predicted octanol–water partition coefficient (Wildman–Crippen LogP) is 5.26. The number of hydrogen-bond acceptors (Lipinski definition) is 6. The minimum absolute atomic E-state index is 0.178. The van der Waals surface area contributed by atoms with Crippen LogP contribution in [0.15, 0.2) is 35.2 Å². The van der Waals surface area contributed by atoms with Gasteiger partial charge in [-0.3, -0.25) is 4.79 Å². The number of ether oxygens (including phenoxy) is 1. The van der Waals surface area contributed by atoms with Crippen molar-refractivity contribution in [3.63, 3.8) is 0 Å². The summed E-state index contributed by atoms with van der Waals surface area (Å²) in [5.74, 6) is 1.23. The standard InChI is InChI=1S/C25H34N4O3S/c1-25(2,3)32-24(31)29-14-10-19(11-15-29)18-8-12-28(13-9-18)21-6-4-20(5-7-21)27-23(30)22-16-33-17-26-22/h4-7,16-19H,8-15H2,1-3H3,(H,27,30). The van der Waals surface area contributed by atoms with Gasteiger partial charge in [-0.05, 0) is 82.6 Å². The molecule has 2 saturated heterocycles. The second-order valence-electron chi connectivity index (χ2n) is 10.0. The molecule has 2 fully saturated rings. The highest BCUT2D eigenvalue weighted by atomic mass is 32.1. The third kappa shape index (κ3) is 6.25.